The Balaban J connectivity index is 3.04. The van der Waals surface area contributed by atoms with Crippen molar-refractivity contribution in [2.45, 2.75) is 6.42 Å². The van der Waals surface area contributed by atoms with Gasteiger partial charge in [-0.15, -0.1) is 11.6 Å². The number of alkyl halides is 1. The Morgan fingerprint density at radius 1 is 1.14 bits per heavy atom. The third kappa shape index (κ3) is 2.68. The molecule has 0 unspecified atom stereocenters. The molecule has 14 heavy (non-hydrogen) atoms. The molecule has 0 saturated heterocycles. The molecular weight excluding hydrogens is 213 g/mol. The van der Waals surface area contributed by atoms with E-state index in [0.717, 1.165) is 0 Å². The van der Waals surface area contributed by atoms with Crippen LogP contribution in [0.3, 0.4) is 0 Å². The summed E-state index contributed by atoms with van der Waals surface area (Å²) in [5, 5.41) is 0. The number of hydrogen-bond donors (Lipinski definition) is 0. The Kier molecular flexibility index (Phi) is 3.84. The van der Waals surface area contributed by atoms with Crippen LogP contribution in [0.1, 0.15) is 12.0 Å². The van der Waals surface area contributed by atoms with Crippen molar-refractivity contribution in [3.05, 3.63) is 35.1 Å². The van der Waals surface area contributed by atoms with Gasteiger partial charge in [0.1, 0.15) is 17.5 Å². The van der Waals surface area contributed by atoms with E-state index in [1.165, 1.54) is 0 Å². The summed E-state index contributed by atoms with van der Waals surface area (Å²) in [6.07, 6.45) is 0.331. The molecule has 1 rings (SSSR count). The van der Waals surface area contributed by atoms with Gasteiger partial charge in [0.15, 0.2) is 0 Å². The Morgan fingerprint density at radius 3 is 2.21 bits per heavy atom. The molecule has 0 radical (unpaired) electrons. The topological polar surface area (TPSA) is 0 Å². The van der Waals surface area contributed by atoms with Crippen LogP contribution in [-0.2, 0) is 0 Å². The largest absolute Gasteiger partial charge is 0.207 e. The van der Waals surface area contributed by atoms with Gasteiger partial charge in [0, 0.05) is 24.4 Å². The smallest absolute Gasteiger partial charge is 0.144 e. The van der Waals surface area contributed by atoms with Crippen molar-refractivity contribution in [2.24, 2.45) is 0 Å². The lowest BCUT2D eigenvalue weighted by molar-refractivity contribution is 0.539. The van der Waals surface area contributed by atoms with Crippen LogP contribution in [0.5, 0.6) is 0 Å². The molecule has 0 aromatic heterocycles. The van der Waals surface area contributed by atoms with Crippen LogP contribution >= 0.6 is 11.6 Å². The maximum atomic E-state index is 12.9. The number of halogens is 4. The number of hydrogen-bond acceptors (Lipinski definition) is 0. The molecule has 0 aliphatic rings. The van der Waals surface area contributed by atoms with Gasteiger partial charge in [-0.1, -0.05) is 11.8 Å². The van der Waals surface area contributed by atoms with Gasteiger partial charge in [0.25, 0.3) is 0 Å². The molecule has 0 fully saturated rings. The summed E-state index contributed by atoms with van der Waals surface area (Å²) in [4.78, 5) is 0. The molecule has 0 heterocycles. The van der Waals surface area contributed by atoms with E-state index in [-0.39, 0.29) is 5.88 Å². The van der Waals surface area contributed by atoms with Gasteiger partial charge in [-0.05, 0) is 0 Å². The van der Waals surface area contributed by atoms with Gasteiger partial charge < -0.3 is 0 Å². The van der Waals surface area contributed by atoms with Crippen molar-refractivity contribution in [3.63, 3.8) is 0 Å². The molecule has 0 saturated carbocycles. The van der Waals surface area contributed by atoms with Crippen LogP contribution in [0.15, 0.2) is 12.1 Å². The Labute approximate surface area is 84.7 Å². The highest BCUT2D eigenvalue weighted by molar-refractivity contribution is 6.18. The molecule has 0 aliphatic carbocycles. The van der Waals surface area contributed by atoms with Gasteiger partial charge in [-0.3, -0.25) is 0 Å². The minimum absolute atomic E-state index is 0.289. The molecule has 4 heteroatoms. The average molecular weight is 219 g/mol. The maximum absolute atomic E-state index is 12.9. The van der Waals surface area contributed by atoms with E-state index < -0.39 is 23.0 Å². The van der Waals surface area contributed by atoms with Gasteiger partial charge in [0.2, 0.25) is 0 Å². The summed E-state index contributed by atoms with van der Waals surface area (Å²) in [6, 6.07) is 1.18. The van der Waals surface area contributed by atoms with E-state index in [4.69, 9.17) is 11.6 Å². The third-order valence-electron chi connectivity index (χ3n) is 1.44. The molecular formula is C10H6ClF3. The molecule has 0 bridgehead atoms. The second kappa shape index (κ2) is 4.92. The minimum atomic E-state index is -0.996. The average Bonchev–Trinajstić information content (AvgIpc) is 2.09. The van der Waals surface area contributed by atoms with Crippen molar-refractivity contribution in [2.75, 3.05) is 5.88 Å². The second-order valence-electron chi connectivity index (χ2n) is 2.49. The predicted molar refractivity (Wildman–Crippen MR) is 48.5 cm³/mol. The summed E-state index contributed by atoms with van der Waals surface area (Å²) in [5.74, 6) is 2.07. The zero-order chi connectivity index (χ0) is 10.6. The van der Waals surface area contributed by atoms with Gasteiger partial charge in [-0.2, -0.15) is 0 Å². The third-order valence-corrected chi connectivity index (χ3v) is 1.63. The summed E-state index contributed by atoms with van der Waals surface area (Å²) in [7, 11) is 0. The van der Waals surface area contributed by atoms with Crippen LogP contribution in [-0.4, -0.2) is 5.88 Å². The maximum Gasteiger partial charge on any atom is 0.144 e. The SMILES string of the molecule is Fc1cc(F)c(C#CCCCl)c(F)c1. The van der Waals surface area contributed by atoms with Crippen molar-refractivity contribution >= 4 is 11.6 Å². The van der Waals surface area contributed by atoms with Crippen molar-refractivity contribution < 1.29 is 13.2 Å². The molecule has 0 spiro atoms. The normalized spacial score (nSPS) is 9.43. The lowest BCUT2D eigenvalue weighted by atomic mass is 10.2. The fraction of sp³-hybridized carbons (Fsp3) is 0.200. The molecule has 0 aliphatic heterocycles. The van der Waals surface area contributed by atoms with E-state index in [9.17, 15) is 13.2 Å². The monoisotopic (exact) mass is 218 g/mol. The second-order valence-corrected chi connectivity index (χ2v) is 2.86. The molecule has 0 N–H and O–H groups in total. The van der Waals surface area contributed by atoms with Crippen molar-refractivity contribution in [1.82, 2.24) is 0 Å². The number of benzene rings is 1. The van der Waals surface area contributed by atoms with Gasteiger partial charge in [0.05, 0.1) is 5.56 Å². The summed E-state index contributed by atoms with van der Waals surface area (Å²) in [5.41, 5.74) is -0.420. The Bertz CT molecular complexity index is 367. The van der Waals surface area contributed by atoms with E-state index >= 15 is 0 Å². The van der Waals surface area contributed by atoms with E-state index in [1.807, 2.05) is 0 Å². The first-order valence-electron chi connectivity index (χ1n) is 3.84. The molecule has 0 nitrogen and oxygen atoms in total. The molecule has 0 amide bonds. The highest BCUT2D eigenvalue weighted by Crippen LogP contribution is 2.13. The quantitative estimate of drug-likeness (QED) is 0.502. The van der Waals surface area contributed by atoms with E-state index in [0.29, 0.717) is 18.6 Å². The molecule has 0 atom stereocenters. The molecule has 74 valence electrons. The molecule has 1 aromatic carbocycles. The first kappa shape index (κ1) is 10.9. The fourth-order valence-corrected chi connectivity index (χ4v) is 0.954. The summed E-state index contributed by atoms with van der Waals surface area (Å²) in [6.45, 7) is 0. The van der Waals surface area contributed by atoms with Gasteiger partial charge >= 0.3 is 0 Å². The van der Waals surface area contributed by atoms with Crippen LogP contribution in [0.2, 0.25) is 0 Å². The van der Waals surface area contributed by atoms with Crippen LogP contribution in [0.25, 0.3) is 0 Å². The minimum Gasteiger partial charge on any atom is -0.207 e. The highest BCUT2D eigenvalue weighted by Gasteiger charge is 2.08. The van der Waals surface area contributed by atoms with Crippen molar-refractivity contribution in [3.8, 4) is 11.8 Å². The summed E-state index contributed by atoms with van der Waals surface area (Å²) >= 11 is 5.32. The van der Waals surface area contributed by atoms with E-state index in [1.54, 1.807) is 0 Å². The lowest BCUT2D eigenvalue weighted by Crippen LogP contribution is -1.92. The van der Waals surface area contributed by atoms with Crippen LogP contribution < -0.4 is 0 Å². The first-order valence-corrected chi connectivity index (χ1v) is 4.38. The Hall–Kier alpha value is -1.14. The zero-order valence-corrected chi connectivity index (χ0v) is 7.84. The van der Waals surface area contributed by atoms with Crippen LogP contribution in [0, 0.1) is 29.3 Å². The van der Waals surface area contributed by atoms with E-state index in [2.05, 4.69) is 11.8 Å². The predicted octanol–water partition coefficient (Wildman–Crippen LogP) is 3.08. The zero-order valence-electron chi connectivity index (χ0n) is 7.08. The lowest BCUT2D eigenvalue weighted by Gasteiger charge is -1.96. The highest BCUT2D eigenvalue weighted by atomic mass is 35.5. The van der Waals surface area contributed by atoms with Crippen molar-refractivity contribution in [1.29, 1.82) is 0 Å². The fourth-order valence-electron chi connectivity index (χ4n) is 0.860. The number of rotatable bonds is 1. The first-order chi connectivity index (χ1) is 6.65. The summed E-state index contributed by atoms with van der Waals surface area (Å²) < 4.78 is 38.3. The van der Waals surface area contributed by atoms with Crippen LogP contribution in [0.4, 0.5) is 13.2 Å². The Morgan fingerprint density at radius 2 is 1.71 bits per heavy atom. The standard InChI is InChI=1S/C10H6ClF3/c11-4-2-1-3-8-9(13)5-7(12)6-10(8)14/h5-6H,2,4H2. The molecule has 1 aromatic rings. The van der Waals surface area contributed by atoms with Gasteiger partial charge in [-0.25, -0.2) is 13.2 Å².